The average Bonchev–Trinajstić information content (AvgIpc) is 3.15. The first-order chi connectivity index (χ1) is 13.2. The Morgan fingerprint density at radius 3 is 2.36 bits per heavy atom. The van der Waals surface area contributed by atoms with Gasteiger partial charge in [0, 0.05) is 36.7 Å². The highest BCUT2D eigenvalue weighted by Crippen LogP contribution is 2.18. The van der Waals surface area contributed by atoms with E-state index in [1.165, 1.54) is 0 Å². The number of aromatic nitrogens is 2. The molecule has 0 fully saturated rings. The van der Waals surface area contributed by atoms with Gasteiger partial charge in [-0.2, -0.15) is 0 Å². The normalized spacial score (nSPS) is 12.2. The third kappa shape index (κ3) is 5.28. The minimum atomic E-state index is -3.57. The number of rotatable bonds is 7. The first-order valence-corrected chi connectivity index (χ1v) is 10.6. The topological polar surface area (TPSA) is 76.0 Å². The Labute approximate surface area is 166 Å². The van der Waals surface area contributed by atoms with Gasteiger partial charge >= 0.3 is 0 Å². The molecule has 6 nitrogen and oxygen atoms in total. The minimum Gasteiger partial charge on any atom is -0.309 e. The minimum absolute atomic E-state index is 0.313. The summed E-state index contributed by atoms with van der Waals surface area (Å²) in [5.74, 6) is 0. The second-order valence-corrected chi connectivity index (χ2v) is 9.35. The molecule has 28 heavy (non-hydrogen) atoms. The zero-order valence-corrected chi connectivity index (χ0v) is 17.2. The monoisotopic (exact) mass is 398 g/mol. The van der Waals surface area contributed by atoms with E-state index in [0.717, 1.165) is 16.8 Å². The van der Waals surface area contributed by atoms with Crippen molar-refractivity contribution in [3.05, 3.63) is 78.4 Å². The second-order valence-electron chi connectivity index (χ2n) is 7.70. The van der Waals surface area contributed by atoms with Crippen molar-refractivity contribution in [2.75, 3.05) is 0 Å². The van der Waals surface area contributed by atoms with Gasteiger partial charge in [-0.05, 0) is 50.1 Å². The van der Waals surface area contributed by atoms with Crippen molar-refractivity contribution in [1.29, 1.82) is 0 Å². The lowest BCUT2D eigenvalue weighted by atomic mass is 10.1. The maximum Gasteiger partial charge on any atom is 0.241 e. The van der Waals surface area contributed by atoms with Crippen LogP contribution in [0.1, 0.15) is 31.9 Å². The van der Waals surface area contributed by atoms with Crippen LogP contribution in [0.2, 0.25) is 0 Å². The third-order valence-electron chi connectivity index (χ3n) is 4.09. The molecular weight excluding hydrogens is 372 g/mol. The van der Waals surface area contributed by atoms with Crippen molar-refractivity contribution in [1.82, 2.24) is 19.6 Å². The Balaban J connectivity index is 1.65. The Morgan fingerprint density at radius 2 is 1.71 bits per heavy atom. The Morgan fingerprint density at radius 1 is 1.00 bits per heavy atom. The molecule has 3 aromatic rings. The van der Waals surface area contributed by atoms with Gasteiger partial charge in [0.2, 0.25) is 10.0 Å². The van der Waals surface area contributed by atoms with Crippen molar-refractivity contribution in [2.45, 2.75) is 44.3 Å². The van der Waals surface area contributed by atoms with E-state index in [-0.39, 0.29) is 0 Å². The van der Waals surface area contributed by atoms with Crippen LogP contribution in [0.5, 0.6) is 0 Å². The number of nitrogens with zero attached hydrogens (tertiary/aromatic N) is 2. The van der Waals surface area contributed by atoms with Crippen molar-refractivity contribution in [2.24, 2.45) is 0 Å². The third-order valence-corrected chi connectivity index (χ3v) is 5.94. The standard InChI is InChI=1S/C21H26N4O2S/c1-21(2,3)24-28(26,27)20-7-5-4-6-18(20)15-23-14-17-8-10-19(11-9-17)25-13-12-22-16-25/h4-13,16,23-24H,14-15H2,1-3H3. The van der Waals surface area contributed by atoms with Crippen LogP contribution in [0.3, 0.4) is 0 Å². The molecule has 0 aliphatic heterocycles. The molecule has 1 heterocycles. The molecule has 0 saturated heterocycles. The molecule has 0 saturated carbocycles. The number of nitrogens with one attached hydrogen (secondary N) is 2. The van der Waals surface area contributed by atoms with Gasteiger partial charge in [-0.25, -0.2) is 18.1 Å². The van der Waals surface area contributed by atoms with E-state index in [4.69, 9.17) is 0 Å². The highest BCUT2D eigenvalue weighted by Gasteiger charge is 2.23. The molecular formula is C21H26N4O2S. The first kappa shape index (κ1) is 20.3. The molecule has 0 atom stereocenters. The number of hydrogen-bond acceptors (Lipinski definition) is 4. The molecule has 148 valence electrons. The molecule has 2 N–H and O–H groups in total. The van der Waals surface area contributed by atoms with Gasteiger partial charge in [-0.3, -0.25) is 0 Å². The zero-order valence-electron chi connectivity index (χ0n) is 16.4. The highest BCUT2D eigenvalue weighted by molar-refractivity contribution is 7.89. The smallest absolute Gasteiger partial charge is 0.241 e. The van der Waals surface area contributed by atoms with E-state index in [9.17, 15) is 8.42 Å². The zero-order chi connectivity index (χ0) is 20.2. The lowest BCUT2D eigenvalue weighted by Crippen LogP contribution is -2.40. The van der Waals surface area contributed by atoms with Gasteiger partial charge in [0.1, 0.15) is 0 Å². The van der Waals surface area contributed by atoms with Crippen molar-refractivity contribution in [3.63, 3.8) is 0 Å². The summed E-state index contributed by atoms with van der Waals surface area (Å²) in [5.41, 5.74) is 2.38. The van der Waals surface area contributed by atoms with Crippen LogP contribution in [0, 0.1) is 0 Å². The Kier molecular flexibility index (Phi) is 5.98. The average molecular weight is 399 g/mol. The van der Waals surface area contributed by atoms with Crippen LogP contribution >= 0.6 is 0 Å². The van der Waals surface area contributed by atoms with Gasteiger partial charge in [0.15, 0.2) is 0 Å². The Bertz CT molecular complexity index is 1010. The summed E-state index contributed by atoms with van der Waals surface area (Å²) in [6.07, 6.45) is 5.40. The van der Waals surface area contributed by atoms with Gasteiger partial charge in [0.25, 0.3) is 0 Å². The highest BCUT2D eigenvalue weighted by atomic mass is 32.2. The summed E-state index contributed by atoms with van der Waals surface area (Å²) in [6.45, 7) is 6.60. The van der Waals surface area contributed by atoms with E-state index in [1.54, 1.807) is 24.7 Å². The molecule has 0 aliphatic rings. The molecule has 0 unspecified atom stereocenters. The molecule has 1 aromatic heterocycles. The van der Waals surface area contributed by atoms with Crippen molar-refractivity contribution >= 4 is 10.0 Å². The quantitative estimate of drug-likeness (QED) is 0.641. The molecule has 0 bridgehead atoms. The number of sulfonamides is 1. The van der Waals surface area contributed by atoms with Crippen LogP contribution in [-0.2, 0) is 23.1 Å². The van der Waals surface area contributed by atoms with E-state index in [2.05, 4.69) is 15.0 Å². The van der Waals surface area contributed by atoms with Gasteiger partial charge in [-0.15, -0.1) is 0 Å². The maximum absolute atomic E-state index is 12.7. The summed E-state index contributed by atoms with van der Waals surface area (Å²) in [5, 5.41) is 3.34. The molecule has 2 aromatic carbocycles. The summed E-state index contributed by atoms with van der Waals surface area (Å²) >= 11 is 0. The predicted molar refractivity (Wildman–Crippen MR) is 111 cm³/mol. The van der Waals surface area contributed by atoms with E-state index < -0.39 is 15.6 Å². The molecule has 0 aliphatic carbocycles. The van der Waals surface area contributed by atoms with Gasteiger partial charge < -0.3 is 9.88 Å². The molecule has 7 heteroatoms. The number of benzene rings is 2. The Hall–Kier alpha value is -2.48. The van der Waals surface area contributed by atoms with Crippen molar-refractivity contribution < 1.29 is 8.42 Å². The van der Waals surface area contributed by atoms with Crippen LogP contribution in [-0.4, -0.2) is 23.5 Å². The fourth-order valence-electron chi connectivity index (χ4n) is 2.91. The fourth-order valence-corrected chi connectivity index (χ4v) is 4.57. The lowest BCUT2D eigenvalue weighted by molar-refractivity contribution is 0.490. The van der Waals surface area contributed by atoms with E-state index in [0.29, 0.717) is 18.0 Å². The fraction of sp³-hybridized carbons (Fsp3) is 0.286. The van der Waals surface area contributed by atoms with E-state index in [1.807, 2.05) is 67.9 Å². The molecule has 0 radical (unpaired) electrons. The van der Waals surface area contributed by atoms with E-state index >= 15 is 0 Å². The lowest BCUT2D eigenvalue weighted by Gasteiger charge is -2.21. The number of hydrogen-bond donors (Lipinski definition) is 2. The summed E-state index contributed by atoms with van der Waals surface area (Å²) in [7, 11) is -3.57. The second kappa shape index (κ2) is 8.26. The first-order valence-electron chi connectivity index (χ1n) is 9.14. The van der Waals surface area contributed by atoms with Crippen LogP contribution in [0.4, 0.5) is 0 Å². The summed E-state index contributed by atoms with van der Waals surface area (Å²) in [6, 6.07) is 15.2. The largest absolute Gasteiger partial charge is 0.309 e. The van der Waals surface area contributed by atoms with Crippen molar-refractivity contribution in [3.8, 4) is 5.69 Å². The SMILES string of the molecule is CC(C)(C)NS(=O)(=O)c1ccccc1CNCc1ccc(-n2ccnc2)cc1. The number of imidazole rings is 1. The van der Waals surface area contributed by atoms with Crippen LogP contribution in [0.15, 0.2) is 72.1 Å². The maximum atomic E-state index is 12.7. The molecule has 0 spiro atoms. The predicted octanol–water partition coefficient (Wildman–Crippen LogP) is 3.24. The summed E-state index contributed by atoms with van der Waals surface area (Å²) < 4.78 is 30.1. The summed E-state index contributed by atoms with van der Waals surface area (Å²) in [4.78, 5) is 4.36. The molecule has 3 rings (SSSR count). The van der Waals surface area contributed by atoms with Gasteiger partial charge in [0.05, 0.1) is 11.2 Å². The van der Waals surface area contributed by atoms with Crippen LogP contribution < -0.4 is 10.0 Å². The van der Waals surface area contributed by atoms with Crippen LogP contribution in [0.25, 0.3) is 5.69 Å². The van der Waals surface area contributed by atoms with Gasteiger partial charge in [-0.1, -0.05) is 30.3 Å². The molecule has 0 amide bonds.